The maximum Gasteiger partial charge on any atom is 0.158 e. The van der Waals surface area contributed by atoms with Gasteiger partial charge in [0.1, 0.15) is 0 Å². The van der Waals surface area contributed by atoms with Crippen molar-refractivity contribution in [1.29, 1.82) is 0 Å². The largest absolute Gasteiger partial charge is 0.347 e. The molecule has 22 heavy (non-hydrogen) atoms. The van der Waals surface area contributed by atoms with Gasteiger partial charge < -0.3 is 9.47 Å². The van der Waals surface area contributed by atoms with E-state index in [1.807, 2.05) is 0 Å². The van der Waals surface area contributed by atoms with E-state index in [4.69, 9.17) is 9.47 Å². The lowest BCUT2D eigenvalue weighted by Gasteiger charge is -2.32. The Morgan fingerprint density at radius 2 is 0.955 bits per heavy atom. The molecule has 0 radical (unpaired) electrons. The summed E-state index contributed by atoms with van der Waals surface area (Å²) >= 11 is 0. The monoisotopic (exact) mass is 314 g/mol. The smallest absolute Gasteiger partial charge is 0.158 e. The summed E-state index contributed by atoms with van der Waals surface area (Å²) in [6, 6.07) is 0. The van der Waals surface area contributed by atoms with Gasteiger partial charge in [0.15, 0.2) is 6.29 Å². The number of hydrogen-bond acceptors (Lipinski definition) is 2. The quantitative estimate of drug-likeness (QED) is 0.289. The van der Waals surface area contributed by atoms with Crippen LogP contribution in [0.25, 0.3) is 0 Å². The van der Waals surface area contributed by atoms with Gasteiger partial charge >= 0.3 is 0 Å². The van der Waals surface area contributed by atoms with Crippen LogP contribution < -0.4 is 0 Å². The molecule has 0 saturated heterocycles. The van der Waals surface area contributed by atoms with Crippen LogP contribution in [0.2, 0.25) is 0 Å². The number of ether oxygens (including phenoxy) is 2. The second-order valence-electron chi connectivity index (χ2n) is 8.51. The van der Waals surface area contributed by atoms with Gasteiger partial charge in [-0.1, -0.05) is 58.3 Å². The first kappa shape index (κ1) is 21.9. The van der Waals surface area contributed by atoms with Crippen LogP contribution in [-0.4, -0.2) is 17.5 Å². The predicted molar refractivity (Wildman–Crippen MR) is 97.3 cm³/mol. The summed E-state index contributed by atoms with van der Waals surface area (Å²) in [5.41, 5.74) is -0.287. The Morgan fingerprint density at radius 1 is 0.591 bits per heavy atom. The summed E-state index contributed by atoms with van der Waals surface area (Å²) in [4.78, 5) is 0. The second-order valence-corrected chi connectivity index (χ2v) is 8.51. The standard InChI is InChI=1S/C20H42O2/c1-8-9-10-11-12-13-14-15-16-17-18(21-19(2,3)4)22-20(5,6)7/h18H,8-17H2,1-7H3. The first-order valence-corrected chi connectivity index (χ1v) is 9.50. The lowest BCUT2D eigenvalue weighted by atomic mass is 10.1. The van der Waals surface area contributed by atoms with E-state index in [2.05, 4.69) is 48.5 Å². The molecule has 0 aliphatic heterocycles. The molecule has 0 saturated carbocycles. The fourth-order valence-electron chi connectivity index (χ4n) is 2.55. The van der Waals surface area contributed by atoms with E-state index < -0.39 is 0 Å². The Kier molecular flexibility index (Phi) is 11.4. The van der Waals surface area contributed by atoms with Crippen LogP contribution in [0.1, 0.15) is 113 Å². The molecule has 134 valence electrons. The van der Waals surface area contributed by atoms with E-state index in [1.165, 1.54) is 57.8 Å². The van der Waals surface area contributed by atoms with Crippen molar-refractivity contribution in [2.45, 2.75) is 130 Å². The average Bonchev–Trinajstić information content (AvgIpc) is 2.32. The Hall–Kier alpha value is -0.0800. The van der Waals surface area contributed by atoms with E-state index in [1.54, 1.807) is 0 Å². The minimum atomic E-state index is -0.144. The molecule has 0 aromatic carbocycles. The van der Waals surface area contributed by atoms with E-state index in [0.717, 1.165) is 6.42 Å². The minimum absolute atomic E-state index is 0.0791. The zero-order chi connectivity index (χ0) is 17.1. The zero-order valence-corrected chi connectivity index (χ0v) is 16.5. The highest BCUT2D eigenvalue weighted by Gasteiger charge is 2.23. The molecule has 2 nitrogen and oxygen atoms in total. The predicted octanol–water partition coefficient (Wildman–Crippen LogP) is 6.86. The molecular weight excluding hydrogens is 272 g/mol. The molecular formula is C20H42O2. The Morgan fingerprint density at radius 3 is 1.32 bits per heavy atom. The third-order valence-corrected chi connectivity index (χ3v) is 3.51. The molecule has 0 amide bonds. The van der Waals surface area contributed by atoms with Crippen molar-refractivity contribution in [3.05, 3.63) is 0 Å². The van der Waals surface area contributed by atoms with Gasteiger partial charge in [-0.15, -0.1) is 0 Å². The van der Waals surface area contributed by atoms with Gasteiger partial charge in [-0.25, -0.2) is 0 Å². The summed E-state index contributed by atoms with van der Waals surface area (Å²) in [6.07, 6.45) is 13.1. The van der Waals surface area contributed by atoms with Gasteiger partial charge in [0.2, 0.25) is 0 Å². The number of unbranched alkanes of at least 4 members (excludes halogenated alkanes) is 8. The second kappa shape index (κ2) is 11.5. The number of hydrogen-bond donors (Lipinski definition) is 0. The van der Waals surface area contributed by atoms with Crippen molar-refractivity contribution >= 4 is 0 Å². The molecule has 0 N–H and O–H groups in total. The molecule has 0 aromatic heterocycles. The first-order valence-electron chi connectivity index (χ1n) is 9.50. The topological polar surface area (TPSA) is 18.5 Å². The van der Waals surface area contributed by atoms with Gasteiger partial charge in [-0.05, 0) is 54.4 Å². The normalized spacial score (nSPS) is 13.1. The molecule has 0 spiro atoms. The highest BCUT2D eigenvalue weighted by Crippen LogP contribution is 2.22. The Labute approximate surface area is 140 Å². The fourth-order valence-corrected chi connectivity index (χ4v) is 2.55. The van der Waals surface area contributed by atoms with E-state index in [-0.39, 0.29) is 17.5 Å². The molecule has 0 rings (SSSR count). The van der Waals surface area contributed by atoms with E-state index >= 15 is 0 Å². The molecule has 2 heteroatoms. The Balaban J connectivity index is 3.80. The fraction of sp³-hybridized carbons (Fsp3) is 1.00. The van der Waals surface area contributed by atoms with Crippen LogP contribution in [0.5, 0.6) is 0 Å². The molecule has 0 aliphatic carbocycles. The zero-order valence-electron chi connectivity index (χ0n) is 16.5. The lowest BCUT2D eigenvalue weighted by Crippen LogP contribution is -2.35. The molecule has 0 aromatic rings. The van der Waals surface area contributed by atoms with Gasteiger partial charge in [-0.2, -0.15) is 0 Å². The molecule has 0 fully saturated rings. The van der Waals surface area contributed by atoms with Crippen LogP contribution in [-0.2, 0) is 9.47 Å². The molecule has 0 unspecified atom stereocenters. The summed E-state index contributed by atoms with van der Waals surface area (Å²) in [5, 5.41) is 0. The molecule has 0 bridgehead atoms. The third kappa shape index (κ3) is 16.3. The summed E-state index contributed by atoms with van der Waals surface area (Å²) in [7, 11) is 0. The highest BCUT2D eigenvalue weighted by molar-refractivity contribution is 4.66. The van der Waals surface area contributed by atoms with Crippen molar-refractivity contribution in [2.75, 3.05) is 0 Å². The van der Waals surface area contributed by atoms with E-state index in [0.29, 0.717) is 0 Å². The highest BCUT2D eigenvalue weighted by atomic mass is 16.7. The maximum absolute atomic E-state index is 6.06. The SMILES string of the molecule is CCCCCCCCCCCC(OC(C)(C)C)OC(C)(C)C. The van der Waals surface area contributed by atoms with Crippen LogP contribution in [0.15, 0.2) is 0 Å². The minimum Gasteiger partial charge on any atom is -0.347 e. The van der Waals surface area contributed by atoms with Crippen molar-refractivity contribution < 1.29 is 9.47 Å². The molecule has 0 heterocycles. The summed E-state index contributed by atoms with van der Waals surface area (Å²) in [5.74, 6) is 0. The van der Waals surface area contributed by atoms with Gasteiger partial charge in [0, 0.05) is 0 Å². The maximum atomic E-state index is 6.06. The number of rotatable bonds is 12. The Bertz CT molecular complexity index is 231. The van der Waals surface area contributed by atoms with E-state index in [9.17, 15) is 0 Å². The first-order chi connectivity index (χ1) is 10.1. The van der Waals surface area contributed by atoms with Gasteiger partial charge in [-0.3, -0.25) is 0 Å². The van der Waals surface area contributed by atoms with Crippen molar-refractivity contribution in [1.82, 2.24) is 0 Å². The molecule has 0 atom stereocenters. The van der Waals surface area contributed by atoms with Crippen LogP contribution in [0.3, 0.4) is 0 Å². The van der Waals surface area contributed by atoms with Crippen molar-refractivity contribution in [3.63, 3.8) is 0 Å². The van der Waals surface area contributed by atoms with Gasteiger partial charge in [0.05, 0.1) is 11.2 Å². The van der Waals surface area contributed by atoms with Crippen LogP contribution in [0.4, 0.5) is 0 Å². The third-order valence-electron chi connectivity index (χ3n) is 3.51. The van der Waals surface area contributed by atoms with Crippen LogP contribution >= 0.6 is 0 Å². The van der Waals surface area contributed by atoms with Crippen molar-refractivity contribution in [3.8, 4) is 0 Å². The van der Waals surface area contributed by atoms with Crippen molar-refractivity contribution in [2.24, 2.45) is 0 Å². The van der Waals surface area contributed by atoms with Gasteiger partial charge in [0.25, 0.3) is 0 Å². The summed E-state index contributed by atoms with van der Waals surface area (Å²) < 4.78 is 12.1. The summed E-state index contributed by atoms with van der Waals surface area (Å²) in [6.45, 7) is 14.9. The average molecular weight is 315 g/mol. The molecule has 0 aliphatic rings. The lowest BCUT2D eigenvalue weighted by molar-refractivity contribution is -0.236. The van der Waals surface area contributed by atoms with Crippen LogP contribution in [0, 0.1) is 0 Å².